The van der Waals surface area contributed by atoms with Gasteiger partial charge in [-0.1, -0.05) is 0 Å². The molecular formula is C9H16N4O. The molecule has 0 atom stereocenters. The molecule has 1 aromatic rings. The topological polar surface area (TPSA) is 73.1 Å². The second-order valence-corrected chi connectivity index (χ2v) is 3.79. The highest BCUT2D eigenvalue weighted by molar-refractivity contribution is 5.33. The van der Waals surface area contributed by atoms with E-state index in [1.54, 1.807) is 19.5 Å². The van der Waals surface area contributed by atoms with Crippen LogP contribution in [0.25, 0.3) is 0 Å². The molecule has 78 valence electrons. The summed E-state index contributed by atoms with van der Waals surface area (Å²) in [7, 11) is 1.56. The lowest BCUT2D eigenvalue weighted by atomic mass is 10.1. The van der Waals surface area contributed by atoms with Crippen molar-refractivity contribution in [1.82, 2.24) is 9.97 Å². The summed E-state index contributed by atoms with van der Waals surface area (Å²) in [5, 5.41) is 3.08. The number of rotatable bonds is 4. The van der Waals surface area contributed by atoms with Crippen LogP contribution in [0.3, 0.4) is 0 Å². The first kappa shape index (κ1) is 10.7. The van der Waals surface area contributed by atoms with Gasteiger partial charge in [0.1, 0.15) is 5.82 Å². The average molecular weight is 196 g/mol. The van der Waals surface area contributed by atoms with Crippen molar-refractivity contribution in [1.29, 1.82) is 0 Å². The average Bonchev–Trinajstić information content (AvgIpc) is 2.14. The zero-order chi connectivity index (χ0) is 10.6. The van der Waals surface area contributed by atoms with Crippen LogP contribution in [-0.4, -0.2) is 29.2 Å². The van der Waals surface area contributed by atoms with Gasteiger partial charge in [-0.15, -0.1) is 0 Å². The number of anilines is 1. The molecule has 1 heterocycles. The fourth-order valence-electron chi connectivity index (χ4n) is 0.850. The number of aromatic nitrogens is 2. The van der Waals surface area contributed by atoms with Crippen molar-refractivity contribution in [3.63, 3.8) is 0 Å². The molecule has 0 aromatic carbocycles. The predicted molar refractivity (Wildman–Crippen MR) is 55.3 cm³/mol. The Hall–Kier alpha value is -1.36. The van der Waals surface area contributed by atoms with Crippen LogP contribution in [0.1, 0.15) is 13.8 Å². The monoisotopic (exact) mass is 196 g/mol. The van der Waals surface area contributed by atoms with Crippen LogP contribution in [0.5, 0.6) is 5.88 Å². The predicted octanol–water partition coefficient (Wildman–Crippen LogP) is 0.634. The molecule has 3 N–H and O–H groups in total. The Labute approximate surface area is 83.7 Å². The normalized spacial score (nSPS) is 11.1. The standard InChI is InChI=1S/C9H16N4O/c1-9(2,10)6-12-7-4-11-5-8(13-7)14-3/h4-5H,6,10H2,1-3H3,(H,12,13). The van der Waals surface area contributed by atoms with Crippen molar-refractivity contribution in [2.75, 3.05) is 19.0 Å². The number of ether oxygens (including phenoxy) is 1. The van der Waals surface area contributed by atoms with Gasteiger partial charge >= 0.3 is 0 Å². The molecule has 0 saturated heterocycles. The second-order valence-electron chi connectivity index (χ2n) is 3.79. The third-order valence-electron chi connectivity index (χ3n) is 1.55. The molecule has 0 bridgehead atoms. The van der Waals surface area contributed by atoms with E-state index in [9.17, 15) is 0 Å². The lowest BCUT2D eigenvalue weighted by Gasteiger charge is -2.19. The van der Waals surface area contributed by atoms with E-state index in [2.05, 4.69) is 15.3 Å². The Bertz CT molecular complexity index is 295. The molecule has 0 aliphatic carbocycles. The maximum atomic E-state index is 5.81. The van der Waals surface area contributed by atoms with Crippen LogP contribution in [0, 0.1) is 0 Å². The smallest absolute Gasteiger partial charge is 0.233 e. The summed E-state index contributed by atoms with van der Waals surface area (Å²) in [5.74, 6) is 1.16. The van der Waals surface area contributed by atoms with Gasteiger partial charge in [0.05, 0.1) is 19.5 Å². The Balaban J connectivity index is 2.59. The third kappa shape index (κ3) is 3.57. The van der Waals surface area contributed by atoms with E-state index in [1.807, 2.05) is 13.8 Å². The van der Waals surface area contributed by atoms with Crippen molar-refractivity contribution >= 4 is 5.82 Å². The number of nitrogens with zero attached hydrogens (tertiary/aromatic N) is 2. The van der Waals surface area contributed by atoms with E-state index < -0.39 is 0 Å². The summed E-state index contributed by atoms with van der Waals surface area (Å²) >= 11 is 0. The third-order valence-corrected chi connectivity index (χ3v) is 1.55. The van der Waals surface area contributed by atoms with E-state index >= 15 is 0 Å². The summed E-state index contributed by atoms with van der Waals surface area (Å²) < 4.78 is 4.94. The Morgan fingerprint density at radius 2 is 2.21 bits per heavy atom. The van der Waals surface area contributed by atoms with Crippen LogP contribution >= 0.6 is 0 Å². The van der Waals surface area contributed by atoms with Crippen molar-refractivity contribution in [3.05, 3.63) is 12.4 Å². The molecule has 0 aliphatic heterocycles. The summed E-state index contributed by atoms with van der Waals surface area (Å²) in [5.41, 5.74) is 5.54. The largest absolute Gasteiger partial charge is 0.480 e. The molecule has 0 aliphatic rings. The zero-order valence-electron chi connectivity index (χ0n) is 8.74. The first-order valence-corrected chi connectivity index (χ1v) is 4.40. The summed E-state index contributed by atoms with van der Waals surface area (Å²) in [6.07, 6.45) is 3.19. The van der Waals surface area contributed by atoms with Gasteiger partial charge in [-0.25, -0.2) is 0 Å². The van der Waals surface area contributed by atoms with Crippen molar-refractivity contribution in [2.24, 2.45) is 5.73 Å². The summed E-state index contributed by atoms with van der Waals surface area (Å²) in [6, 6.07) is 0. The van der Waals surface area contributed by atoms with Crippen LogP contribution in [-0.2, 0) is 0 Å². The van der Waals surface area contributed by atoms with Crippen molar-refractivity contribution < 1.29 is 4.74 Å². The molecule has 5 nitrogen and oxygen atoms in total. The maximum absolute atomic E-state index is 5.81. The molecule has 0 amide bonds. The van der Waals surface area contributed by atoms with E-state index in [-0.39, 0.29) is 5.54 Å². The van der Waals surface area contributed by atoms with Gasteiger partial charge in [0, 0.05) is 12.1 Å². The molecule has 1 aromatic heterocycles. The van der Waals surface area contributed by atoms with Crippen LogP contribution in [0.15, 0.2) is 12.4 Å². The molecule has 5 heteroatoms. The van der Waals surface area contributed by atoms with Gasteiger partial charge < -0.3 is 15.8 Å². The first-order valence-electron chi connectivity index (χ1n) is 4.40. The highest BCUT2D eigenvalue weighted by Gasteiger charge is 2.10. The fraction of sp³-hybridized carbons (Fsp3) is 0.556. The molecule has 0 fully saturated rings. The Morgan fingerprint density at radius 1 is 1.50 bits per heavy atom. The maximum Gasteiger partial charge on any atom is 0.233 e. The van der Waals surface area contributed by atoms with Gasteiger partial charge in [-0.2, -0.15) is 4.98 Å². The minimum Gasteiger partial charge on any atom is -0.480 e. The van der Waals surface area contributed by atoms with Gasteiger partial charge in [0.25, 0.3) is 0 Å². The number of nitrogens with two attached hydrogens (primary N) is 1. The first-order chi connectivity index (χ1) is 6.51. The Morgan fingerprint density at radius 3 is 2.79 bits per heavy atom. The number of nitrogens with one attached hydrogen (secondary N) is 1. The molecular weight excluding hydrogens is 180 g/mol. The highest BCUT2D eigenvalue weighted by atomic mass is 16.5. The van der Waals surface area contributed by atoms with Gasteiger partial charge in [0.15, 0.2) is 0 Å². The number of methoxy groups -OCH3 is 1. The number of hydrogen-bond donors (Lipinski definition) is 2. The molecule has 0 saturated carbocycles. The van der Waals surface area contributed by atoms with E-state index in [4.69, 9.17) is 10.5 Å². The van der Waals surface area contributed by atoms with Crippen molar-refractivity contribution in [3.8, 4) is 5.88 Å². The molecule has 0 radical (unpaired) electrons. The van der Waals surface area contributed by atoms with E-state index in [0.717, 1.165) is 0 Å². The van der Waals surface area contributed by atoms with E-state index in [1.165, 1.54) is 0 Å². The van der Waals surface area contributed by atoms with Crippen molar-refractivity contribution in [2.45, 2.75) is 19.4 Å². The summed E-state index contributed by atoms with van der Waals surface area (Å²) in [6.45, 7) is 4.51. The minimum atomic E-state index is -0.273. The molecule has 14 heavy (non-hydrogen) atoms. The molecule has 0 spiro atoms. The molecule has 1 rings (SSSR count). The molecule has 0 unspecified atom stereocenters. The van der Waals surface area contributed by atoms with Gasteiger partial charge in [0.2, 0.25) is 5.88 Å². The van der Waals surface area contributed by atoms with E-state index in [0.29, 0.717) is 18.2 Å². The zero-order valence-corrected chi connectivity index (χ0v) is 8.74. The lowest BCUT2D eigenvalue weighted by Crippen LogP contribution is -2.39. The van der Waals surface area contributed by atoms with Gasteiger partial charge in [-0.3, -0.25) is 4.98 Å². The fourth-order valence-corrected chi connectivity index (χ4v) is 0.850. The SMILES string of the molecule is COc1cncc(NCC(C)(C)N)n1. The number of hydrogen-bond acceptors (Lipinski definition) is 5. The van der Waals surface area contributed by atoms with Crippen LogP contribution < -0.4 is 15.8 Å². The minimum absolute atomic E-state index is 0.273. The quantitative estimate of drug-likeness (QED) is 0.739. The van der Waals surface area contributed by atoms with Crippen LogP contribution in [0.2, 0.25) is 0 Å². The summed E-state index contributed by atoms with van der Waals surface area (Å²) in [4.78, 5) is 8.11. The second kappa shape index (κ2) is 4.23. The highest BCUT2D eigenvalue weighted by Crippen LogP contribution is 2.08. The van der Waals surface area contributed by atoms with Gasteiger partial charge in [-0.05, 0) is 13.8 Å². The lowest BCUT2D eigenvalue weighted by molar-refractivity contribution is 0.396. The van der Waals surface area contributed by atoms with Crippen LogP contribution in [0.4, 0.5) is 5.82 Å². The Kier molecular flexibility index (Phi) is 3.24.